The number of likely N-dealkylation sites (tertiary alicyclic amines) is 1. The quantitative estimate of drug-likeness (QED) is 0.316. The van der Waals surface area contributed by atoms with Gasteiger partial charge >= 0.3 is 12.1 Å². The number of β-lactam (4-membered cyclic amide) rings is 1. The van der Waals surface area contributed by atoms with Crippen molar-refractivity contribution in [2.75, 3.05) is 25.4 Å². The molecule has 10 nitrogen and oxygen atoms in total. The second-order valence-electron chi connectivity index (χ2n) is 8.84. The molecule has 0 spiro atoms. The maximum absolute atomic E-state index is 13.7. The highest BCUT2D eigenvalue weighted by atomic mass is 32.2. The predicted octanol–water partition coefficient (Wildman–Crippen LogP) is 1.46. The number of carbonyl (C=O) groups is 4. The third-order valence-electron chi connectivity index (χ3n) is 6.56. The van der Waals surface area contributed by atoms with Crippen molar-refractivity contribution in [3.05, 3.63) is 83.1 Å². The number of hydrogen-bond donors (Lipinski definition) is 1. The highest BCUT2D eigenvalue weighted by molar-refractivity contribution is 7.86. The van der Waals surface area contributed by atoms with Crippen molar-refractivity contribution in [1.29, 1.82) is 0 Å². The minimum Gasteiger partial charge on any atom is -0.448 e. The van der Waals surface area contributed by atoms with Crippen LogP contribution in [0.15, 0.2) is 71.9 Å². The van der Waals surface area contributed by atoms with Gasteiger partial charge in [-0.1, -0.05) is 60.7 Å². The van der Waals surface area contributed by atoms with E-state index in [0.29, 0.717) is 19.5 Å². The zero-order chi connectivity index (χ0) is 25.9. The number of nitrogens with one attached hydrogen (secondary N) is 1. The Balaban J connectivity index is 1.47. The third-order valence-corrected chi connectivity index (χ3v) is 8.21. The van der Waals surface area contributed by atoms with Crippen molar-refractivity contribution in [3.8, 4) is 0 Å². The van der Waals surface area contributed by atoms with Gasteiger partial charge in [0.15, 0.2) is 6.10 Å². The first-order valence-corrected chi connectivity index (χ1v) is 13.2. The largest absolute Gasteiger partial charge is 0.448 e. The van der Waals surface area contributed by atoms with Gasteiger partial charge in [-0.05, 0) is 17.5 Å². The van der Waals surface area contributed by atoms with Crippen molar-refractivity contribution in [3.63, 3.8) is 0 Å². The van der Waals surface area contributed by atoms with Gasteiger partial charge in [-0.15, -0.1) is 0 Å². The predicted molar refractivity (Wildman–Crippen MR) is 132 cm³/mol. The summed E-state index contributed by atoms with van der Waals surface area (Å²) in [5, 5.41) is 1.46. The molecule has 1 N–H and O–H groups in total. The minimum atomic E-state index is -1.63. The second kappa shape index (κ2) is 10.6. The fourth-order valence-electron chi connectivity index (χ4n) is 4.53. The molecule has 1 unspecified atom stereocenters. The average molecular weight is 524 g/mol. The maximum Gasteiger partial charge on any atom is 0.410 e. The van der Waals surface area contributed by atoms with Crippen LogP contribution in [-0.4, -0.2) is 75.3 Å². The van der Waals surface area contributed by atoms with Crippen LogP contribution in [0, 0.1) is 0 Å². The molecule has 3 heterocycles. The summed E-state index contributed by atoms with van der Waals surface area (Å²) in [6.45, 7) is 0.857. The summed E-state index contributed by atoms with van der Waals surface area (Å²) in [7, 11) is -1.63. The molecule has 0 saturated carbocycles. The molecule has 3 aliphatic rings. The Morgan fingerprint density at radius 3 is 2.22 bits per heavy atom. The summed E-state index contributed by atoms with van der Waals surface area (Å²) in [5.41, 5.74) is 1.57. The number of fused-ring (bicyclic) bond motifs is 1. The van der Waals surface area contributed by atoms with Crippen molar-refractivity contribution in [2.24, 2.45) is 0 Å². The number of esters is 1. The number of hydrogen-bond acceptors (Lipinski definition) is 7. The summed E-state index contributed by atoms with van der Waals surface area (Å²) in [5.74, 6) is -1.50. The zero-order valence-corrected chi connectivity index (χ0v) is 20.6. The molecule has 11 heteroatoms. The first-order chi connectivity index (χ1) is 18.0. The standard InChI is InChI=1S/C26H25N3O7S/c30-16-27-20-23(31)29-21(19(15-37(34)24(20)29)14-35-26(33)28-12-7-13-28)25(32)36-22(17-8-3-1-4-9-17)18-10-5-2-6-11-18/h1-6,8-11,16,20,22,24H,7,12-15H2,(H,27,30)/t20-,24-,37?/m1/s1. The van der Waals surface area contributed by atoms with Crippen LogP contribution in [0.4, 0.5) is 4.79 Å². The van der Waals surface area contributed by atoms with Crippen LogP contribution in [0.2, 0.25) is 0 Å². The first kappa shape index (κ1) is 24.7. The van der Waals surface area contributed by atoms with Crippen LogP contribution < -0.4 is 5.32 Å². The molecule has 2 aromatic carbocycles. The van der Waals surface area contributed by atoms with Crippen LogP contribution in [0.3, 0.4) is 0 Å². The van der Waals surface area contributed by atoms with E-state index in [0.717, 1.165) is 22.4 Å². The topological polar surface area (TPSA) is 122 Å². The Kier molecular flexibility index (Phi) is 7.04. The van der Waals surface area contributed by atoms with Gasteiger partial charge in [-0.25, -0.2) is 9.59 Å². The van der Waals surface area contributed by atoms with Crippen LogP contribution in [0.25, 0.3) is 0 Å². The summed E-state index contributed by atoms with van der Waals surface area (Å²) in [4.78, 5) is 52.5. The van der Waals surface area contributed by atoms with E-state index in [9.17, 15) is 23.4 Å². The van der Waals surface area contributed by atoms with Crippen LogP contribution >= 0.6 is 0 Å². The molecule has 192 valence electrons. The Hall–Kier alpha value is -3.99. The highest BCUT2D eigenvalue weighted by Crippen LogP contribution is 2.37. The van der Waals surface area contributed by atoms with E-state index < -0.39 is 46.3 Å². The molecule has 2 fully saturated rings. The molecule has 3 atom stereocenters. The molecular formula is C26H25N3O7S. The van der Waals surface area contributed by atoms with Crippen molar-refractivity contribution in [2.45, 2.75) is 23.9 Å². The van der Waals surface area contributed by atoms with Gasteiger partial charge in [0.2, 0.25) is 6.41 Å². The minimum absolute atomic E-state index is 0.105. The van der Waals surface area contributed by atoms with Crippen LogP contribution in [-0.2, 0) is 34.7 Å². The summed E-state index contributed by atoms with van der Waals surface area (Å²) < 4.78 is 24.4. The van der Waals surface area contributed by atoms with Crippen LogP contribution in [0.5, 0.6) is 0 Å². The monoisotopic (exact) mass is 523 g/mol. The molecule has 0 aliphatic carbocycles. The smallest absolute Gasteiger partial charge is 0.410 e. The van der Waals surface area contributed by atoms with Crippen molar-refractivity contribution < 1.29 is 32.9 Å². The molecule has 0 aromatic heterocycles. The lowest BCUT2D eigenvalue weighted by atomic mass is 10.0. The first-order valence-electron chi connectivity index (χ1n) is 11.8. The van der Waals surface area contributed by atoms with Crippen LogP contribution in [0.1, 0.15) is 23.7 Å². The maximum atomic E-state index is 13.7. The lowest BCUT2D eigenvalue weighted by molar-refractivity contribution is -0.154. The SMILES string of the molecule is O=CN[C@@H]1C(=O)N2C(C(=O)OC(c3ccccc3)c3ccccc3)=C(COC(=O)N3CCC3)CS(=O)[C@H]12. The van der Waals surface area contributed by atoms with E-state index in [1.165, 1.54) is 4.90 Å². The van der Waals surface area contributed by atoms with Crippen molar-refractivity contribution in [1.82, 2.24) is 15.1 Å². The normalized spacial score (nSPS) is 22.5. The van der Waals surface area contributed by atoms with Gasteiger partial charge in [0.05, 0.1) is 16.6 Å². The van der Waals surface area contributed by atoms with E-state index in [1.807, 2.05) is 60.7 Å². The van der Waals surface area contributed by atoms with Gasteiger partial charge in [0.25, 0.3) is 5.91 Å². The Bertz CT molecular complexity index is 1220. The number of carbonyl (C=O) groups excluding carboxylic acids is 4. The second-order valence-corrected chi connectivity index (χ2v) is 10.4. The van der Waals surface area contributed by atoms with Gasteiger partial charge in [0, 0.05) is 18.7 Å². The van der Waals surface area contributed by atoms with E-state index >= 15 is 0 Å². The zero-order valence-electron chi connectivity index (χ0n) is 19.8. The van der Waals surface area contributed by atoms with E-state index in [2.05, 4.69) is 5.32 Å². The van der Waals surface area contributed by atoms with Gasteiger partial charge < -0.3 is 19.7 Å². The Morgan fingerprint density at radius 1 is 1.05 bits per heavy atom. The van der Waals surface area contributed by atoms with Gasteiger partial charge in [0.1, 0.15) is 23.7 Å². The summed E-state index contributed by atoms with van der Waals surface area (Å²) in [6, 6.07) is 17.3. The average Bonchev–Trinajstić information content (AvgIpc) is 2.88. The fraction of sp³-hybridized carbons (Fsp3) is 0.308. The molecule has 5 rings (SSSR count). The molecule has 3 amide bonds. The Labute approximate surface area is 215 Å². The lowest BCUT2D eigenvalue weighted by Crippen LogP contribution is -2.73. The number of amides is 3. The number of benzene rings is 2. The van der Waals surface area contributed by atoms with E-state index in [1.54, 1.807) is 0 Å². The Morgan fingerprint density at radius 2 is 1.68 bits per heavy atom. The lowest BCUT2D eigenvalue weighted by Gasteiger charge is -2.49. The molecule has 0 radical (unpaired) electrons. The molecule has 2 saturated heterocycles. The highest BCUT2D eigenvalue weighted by Gasteiger charge is 2.57. The number of rotatable bonds is 8. The number of nitrogens with zero attached hydrogens (tertiary/aromatic N) is 2. The third kappa shape index (κ3) is 4.74. The molecule has 3 aliphatic heterocycles. The molecule has 2 aromatic rings. The van der Waals surface area contributed by atoms with E-state index in [4.69, 9.17) is 9.47 Å². The molecule has 37 heavy (non-hydrogen) atoms. The summed E-state index contributed by atoms with van der Waals surface area (Å²) >= 11 is 0. The summed E-state index contributed by atoms with van der Waals surface area (Å²) in [6.07, 6.45) is -0.0709. The van der Waals surface area contributed by atoms with Crippen molar-refractivity contribution >= 4 is 35.2 Å². The molecule has 0 bridgehead atoms. The number of ether oxygens (including phenoxy) is 2. The van der Waals surface area contributed by atoms with E-state index in [-0.39, 0.29) is 23.6 Å². The van der Waals surface area contributed by atoms with Gasteiger partial charge in [-0.3, -0.25) is 18.7 Å². The fourth-order valence-corrected chi connectivity index (χ4v) is 6.21. The van der Waals surface area contributed by atoms with Gasteiger partial charge in [-0.2, -0.15) is 0 Å². The molecular weight excluding hydrogens is 498 g/mol.